The fourth-order valence-corrected chi connectivity index (χ4v) is 5.26. The van der Waals surface area contributed by atoms with Crippen molar-refractivity contribution in [2.75, 3.05) is 32.1 Å². The van der Waals surface area contributed by atoms with Crippen molar-refractivity contribution in [1.29, 1.82) is 0 Å². The summed E-state index contributed by atoms with van der Waals surface area (Å²) < 4.78 is 42.6. The van der Waals surface area contributed by atoms with Crippen LogP contribution >= 0.6 is 0 Å². The van der Waals surface area contributed by atoms with E-state index in [-0.39, 0.29) is 43.3 Å². The Labute approximate surface area is 188 Å². The highest BCUT2D eigenvalue weighted by Crippen LogP contribution is 2.33. The normalized spacial score (nSPS) is 27.0. The zero-order valence-electron chi connectivity index (χ0n) is 17.3. The van der Waals surface area contributed by atoms with Gasteiger partial charge in [0.1, 0.15) is 29.6 Å². The van der Waals surface area contributed by atoms with Gasteiger partial charge in [-0.15, -0.1) is 0 Å². The van der Waals surface area contributed by atoms with E-state index in [1.807, 2.05) is 30.3 Å². The Morgan fingerprint density at radius 3 is 2.64 bits per heavy atom. The lowest BCUT2D eigenvalue weighted by Crippen LogP contribution is -2.61. The van der Waals surface area contributed by atoms with E-state index in [0.717, 1.165) is 5.56 Å². The maximum atomic E-state index is 12.8. The van der Waals surface area contributed by atoms with Crippen LogP contribution in [-0.2, 0) is 30.9 Å². The van der Waals surface area contributed by atoms with Gasteiger partial charge < -0.3 is 25.4 Å². The van der Waals surface area contributed by atoms with E-state index in [0.29, 0.717) is 0 Å². The second-order valence-electron chi connectivity index (χ2n) is 8.11. The molecule has 3 aromatic rings. The lowest BCUT2D eigenvalue weighted by molar-refractivity contribution is -0.107. The molecule has 0 saturated carbocycles. The lowest BCUT2D eigenvalue weighted by Gasteiger charge is -2.42. The second-order valence-corrected chi connectivity index (χ2v) is 9.61. The maximum Gasteiger partial charge on any atom is 0.277 e. The largest absolute Gasteiger partial charge is 0.385 e. The molecule has 33 heavy (non-hydrogen) atoms. The van der Waals surface area contributed by atoms with Crippen LogP contribution in [-0.4, -0.2) is 76.7 Å². The van der Waals surface area contributed by atoms with Gasteiger partial charge in [-0.1, -0.05) is 30.3 Å². The minimum atomic E-state index is -4.00. The fourth-order valence-electron chi connectivity index (χ4n) is 4.06. The highest BCUT2D eigenvalue weighted by Gasteiger charge is 2.51. The first-order valence-electron chi connectivity index (χ1n) is 10.1. The molecule has 2 aliphatic heterocycles. The van der Waals surface area contributed by atoms with Gasteiger partial charge >= 0.3 is 0 Å². The summed E-state index contributed by atoms with van der Waals surface area (Å²) in [6.07, 6.45) is -0.0282. The van der Waals surface area contributed by atoms with Crippen molar-refractivity contribution in [3.8, 4) is 0 Å². The Bertz CT molecular complexity index is 1270. The number of nitrogens with zero attached hydrogens (tertiary/aromatic N) is 4. The molecule has 0 unspecified atom stereocenters. The SMILES string of the molecule is Nc1ncnc2c1ncn2[C@@]1(O)CO[C@H](CNS(=O)(=O)NC2(c3ccccc3)COC2)[C@H]1O. The summed E-state index contributed by atoms with van der Waals surface area (Å²) in [4.78, 5) is 12.0. The molecule has 0 spiro atoms. The molecule has 0 aliphatic carbocycles. The Morgan fingerprint density at radius 1 is 1.18 bits per heavy atom. The third-order valence-corrected chi connectivity index (χ3v) is 7.15. The molecule has 2 saturated heterocycles. The van der Waals surface area contributed by atoms with Gasteiger partial charge in [0.2, 0.25) is 0 Å². The Kier molecular flexibility index (Phi) is 5.32. The summed E-state index contributed by atoms with van der Waals surface area (Å²) in [5.74, 6) is 0.124. The summed E-state index contributed by atoms with van der Waals surface area (Å²) in [5.41, 5.74) is 4.24. The van der Waals surface area contributed by atoms with Gasteiger partial charge in [0.05, 0.1) is 26.1 Å². The van der Waals surface area contributed by atoms with E-state index in [1.54, 1.807) is 0 Å². The van der Waals surface area contributed by atoms with Crippen LogP contribution in [0.25, 0.3) is 11.2 Å². The van der Waals surface area contributed by atoms with Crippen molar-refractivity contribution in [3.05, 3.63) is 48.5 Å². The van der Waals surface area contributed by atoms with Gasteiger partial charge in [-0.3, -0.25) is 4.57 Å². The van der Waals surface area contributed by atoms with Gasteiger partial charge in [-0.2, -0.15) is 17.9 Å². The smallest absolute Gasteiger partial charge is 0.277 e. The number of anilines is 1. The number of fused-ring (bicyclic) bond motifs is 1. The Hall–Kier alpha value is -2.72. The number of nitrogen functional groups attached to an aromatic ring is 1. The molecule has 2 fully saturated rings. The topological polar surface area (TPSA) is 187 Å². The van der Waals surface area contributed by atoms with Crippen molar-refractivity contribution >= 4 is 27.2 Å². The molecule has 176 valence electrons. The summed E-state index contributed by atoms with van der Waals surface area (Å²) in [6.45, 7) is -0.211. The Balaban J connectivity index is 1.29. The van der Waals surface area contributed by atoms with Crippen molar-refractivity contribution in [2.45, 2.75) is 23.5 Å². The minimum Gasteiger partial charge on any atom is -0.385 e. The molecule has 14 heteroatoms. The molecule has 2 aromatic heterocycles. The number of rotatable bonds is 7. The number of nitrogens with two attached hydrogens (primary N) is 1. The predicted molar refractivity (Wildman–Crippen MR) is 115 cm³/mol. The van der Waals surface area contributed by atoms with Crippen LogP contribution in [0.1, 0.15) is 5.56 Å². The van der Waals surface area contributed by atoms with Crippen LogP contribution in [0.2, 0.25) is 0 Å². The second kappa shape index (κ2) is 7.95. The summed E-state index contributed by atoms with van der Waals surface area (Å²) in [5, 5.41) is 21.9. The number of nitrogens with one attached hydrogen (secondary N) is 2. The molecular formula is C19H23N7O6S. The number of aliphatic hydroxyl groups excluding tert-OH is 1. The zero-order chi connectivity index (χ0) is 23.3. The van der Waals surface area contributed by atoms with Crippen LogP contribution in [0.5, 0.6) is 0 Å². The maximum absolute atomic E-state index is 12.8. The van der Waals surface area contributed by atoms with E-state index < -0.39 is 33.7 Å². The lowest BCUT2D eigenvalue weighted by atomic mass is 9.89. The molecule has 2 aliphatic rings. The fraction of sp³-hybridized carbons (Fsp3) is 0.421. The Morgan fingerprint density at radius 2 is 1.94 bits per heavy atom. The number of ether oxygens (including phenoxy) is 2. The van der Waals surface area contributed by atoms with Crippen LogP contribution in [0.4, 0.5) is 5.82 Å². The van der Waals surface area contributed by atoms with Gasteiger partial charge in [-0.25, -0.2) is 15.0 Å². The quantitative estimate of drug-likeness (QED) is 0.259. The molecule has 6 N–H and O–H groups in total. The summed E-state index contributed by atoms with van der Waals surface area (Å²) in [7, 11) is -4.00. The molecule has 13 nitrogen and oxygen atoms in total. The van der Waals surface area contributed by atoms with Crippen molar-refractivity contribution in [3.63, 3.8) is 0 Å². The highest BCUT2D eigenvalue weighted by atomic mass is 32.2. The molecule has 5 rings (SSSR count). The van der Waals surface area contributed by atoms with Gasteiger partial charge in [0, 0.05) is 6.54 Å². The third-order valence-electron chi connectivity index (χ3n) is 5.94. The van der Waals surface area contributed by atoms with Crippen LogP contribution < -0.4 is 15.2 Å². The number of benzene rings is 1. The average molecular weight is 478 g/mol. The minimum absolute atomic E-state index is 0.124. The number of aliphatic hydroxyl groups is 2. The van der Waals surface area contributed by atoms with E-state index >= 15 is 0 Å². The predicted octanol–water partition coefficient (Wildman–Crippen LogP) is -1.84. The zero-order valence-corrected chi connectivity index (χ0v) is 18.1. The van der Waals surface area contributed by atoms with Crippen LogP contribution in [0, 0.1) is 0 Å². The number of hydrogen-bond acceptors (Lipinski definition) is 10. The molecule has 1 aromatic carbocycles. The summed E-state index contributed by atoms with van der Waals surface area (Å²) >= 11 is 0. The number of imidazole rings is 1. The van der Waals surface area contributed by atoms with E-state index in [2.05, 4.69) is 24.4 Å². The number of hydrogen-bond donors (Lipinski definition) is 5. The number of aromatic nitrogens is 4. The average Bonchev–Trinajstić information content (AvgIpc) is 3.34. The van der Waals surface area contributed by atoms with Gasteiger partial charge in [0.25, 0.3) is 10.2 Å². The first-order chi connectivity index (χ1) is 15.7. The molecular weight excluding hydrogens is 454 g/mol. The molecule has 4 heterocycles. The van der Waals surface area contributed by atoms with E-state index in [1.165, 1.54) is 17.2 Å². The van der Waals surface area contributed by atoms with E-state index in [9.17, 15) is 18.6 Å². The standard InChI is InChI=1S/C19H23N7O6S/c20-16-14-17(22-10-21-16)26(11-23-14)19(28)9-32-13(15(19)27)6-24-33(29,30)25-18(7-31-8-18)12-4-2-1-3-5-12/h1-5,10-11,13,15,24-25,27-28H,6-9H2,(H2,20,21,22)/t13-,15-,19-/m1/s1. The molecule has 0 radical (unpaired) electrons. The first-order valence-corrected chi connectivity index (χ1v) is 11.6. The molecule has 0 bridgehead atoms. The highest BCUT2D eigenvalue weighted by molar-refractivity contribution is 7.87. The third kappa shape index (κ3) is 3.74. The van der Waals surface area contributed by atoms with Crippen molar-refractivity contribution in [1.82, 2.24) is 29.0 Å². The molecule has 0 amide bonds. The molecule has 3 atom stereocenters. The van der Waals surface area contributed by atoms with Crippen LogP contribution in [0.3, 0.4) is 0 Å². The first kappa shape index (κ1) is 22.1. The monoisotopic (exact) mass is 477 g/mol. The van der Waals surface area contributed by atoms with Crippen LogP contribution in [0.15, 0.2) is 43.0 Å². The van der Waals surface area contributed by atoms with Gasteiger partial charge in [0.15, 0.2) is 17.2 Å². The summed E-state index contributed by atoms with van der Waals surface area (Å²) in [6, 6.07) is 9.12. The van der Waals surface area contributed by atoms with Gasteiger partial charge in [-0.05, 0) is 5.56 Å². The van der Waals surface area contributed by atoms with Crippen molar-refractivity contribution in [2.24, 2.45) is 0 Å². The van der Waals surface area contributed by atoms with Crippen molar-refractivity contribution < 1.29 is 28.1 Å². The van der Waals surface area contributed by atoms with E-state index in [4.69, 9.17) is 15.2 Å².